The molecule has 0 aliphatic carbocycles. The zero-order chi connectivity index (χ0) is 23.4. The normalized spacial score (nSPS) is 11.7. The van der Waals surface area contributed by atoms with Crippen molar-refractivity contribution in [2.75, 3.05) is 14.2 Å². The summed E-state index contributed by atoms with van der Waals surface area (Å²) in [6.07, 6.45) is 0.126. The quantitative estimate of drug-likeness (QED) is 0.413. The van der Waals surface area contributed by atoms with Gasteiger partial charge >= 0.3 is 5.97 Å². The third kappa shape index (κ3) is 4.82. The molecule has 0 spiro atoms. The average Bonchev–Trinajstić information content (AvgIpc) is 3.27. The lowest BCUT2D eigenvalue weighted by Gasteiger charge is -2.14. The minimum Gasteiger partial charge on any atom is -0.497 e. The second kappa shape index (κ2) is 9.48. The number of fused-ring (bicyclic) bond motifs is 1. The van der Waals surface area contributed by atoms with Crippen LogP contribution in [-0.4, -0.2) is 37.2 Å². The first-order valence-electron chi connectivity index (χ1n) is 10.3. The molecule has 0 aliphatic rings. The zero-order valence-electron chi connectivity index (χ0n) is 18.2. The van der Waals surface area contributed by atoms with Gasteiger partial charge in [0.1, 0.15) is 23.1 Å². The first kappa shape index (κ1) is 22.0. The van der Waals surface area contributed by atoms with Gasteiger partial charge in [-0.15, -0.1) is 0 Å². The summed E-state index contributed by atoms with van der Waals surface area (Å²) in [7, 11) is 3.17. The van der Waals surface area contributed by atoms with E-state index in [1.165, 1.54) is 0 Å². The van der Waals surface area contributed by atoms with Crippen molar-refractivity contribution < 1.29 is 28.6 Å². The van der Waals surface area contributed by atoms with Gasteiger partial charge in [-0.05, 0) is 41.5 Å². The molecule has 0 saturated heterocycles. The molecule has 2 N–H and O–H groups in total. The van der Waals surface area contributed by atoms with Gasteiger partial charge in [-0.3, -0.25) is 4.79 Å². The molecule has 3 aromatic carbocycles. The third-order valence-electron chi connectivity index (χ3n) is 5.36. The van der Waals surface area contributed by atoms with Gasteiger partial charge in [-0.25, -0.2) is 4.79 Å². The zero-order valence-corrected chi connectivity index (χ0v) is 18.2. The van der Waals surface area contributed by atoms with E-state index >= 15 is 0 Å². The fourth-order valence-electron chi connectivity index (χ4n) is 3.63. The number of nitrogens with one attached hydrogen (secondary N) is 1. The molecular weight excluding hydrogens is 422 g/mol. The van der Waals surface area contributed by atoms with Crippen LogP contribution in [0.1, 0.15) is 16.1 Å². The maximum atomic E-state index is 12.7. The lowest BCUT2D eigenvalue weighted by Crippen LogP contribution is -2.42. The molecule has 1 aromatic heterocycles. The van der Waals surface area contributed by atoms with Crippen LogP contribution in [0.4, 0.5) is 0 Å². The maximum absolute atomic E-state index is 12.7. The van der Waals surface area contributed by atoms with Crippen molar-refractivity contribution in [3.63, 3.8) is 0 Å². The SMILES string of the molecule is COc1ccc2oc(C(=O)NC(Cc3ccc(-c4ccccc4OC)cc3)C(=O)O)cc2c1. The lowest BCUT2D eigenvalue weighted by atomic mass is 10.00. The van der Waals surface area contributed by atoms with Gasteiger partial charge in [-0.1, -0.05) is 42.5 Å². The summed E-state index contributed by atoms with van der Waals surface area (Å²) in [5, 5.41) is 12.9. The van der Waals surface area contributed by atoms with Crippen LogP contribution in [0, 0.1) is 0 Å². The van der Waals surface area contributed by atoms with E-state index in [1.54, 1.807) is 38.5 Å². The fraction of sp³-hybridized carbons (Fsp3) is 0.154. The number of carboxylic acids is 1. The molecule has 4 rings (SSSR count). The van der Waals surface area contributed by atoms with Crippen LogP contribution in [0.15, 0.2) is 77.2 Å². The summed E-state index contributed by atoms with van der Waals surface area (Å²) in [4.78, 5) is 24.5. The monoisotopic (exact) mass is 445 g/mol. The van der Waals surface area contributed by atoms with E-state index in [0.717, 1.165) is 22.4 Å². The second-order valence-electron chi connectivity index (χ2n) is 7.48. The van der Waals surface area contributed by atoms with Gasteiger partial charge in [0, 0.05) is 17.4 Å². The smallest absolute Gasteiger partial charge is 0.326 e. The Labute approximate surface area is 190 Å². The molecule has 33 heavy (non-hydrogen) atoms. The standard InChI is InChI=1S/C26H23NO6/c1-31-19-11-12-22-18(14-19)15-24(33-22)25(28)27-21(26(29)30)13-16-7-9-17(10-8-16)20-5-3-4-6-23(20)32-2/h3-12,14-15,21H,13H2,1-2H3,(H,27,28)(H,29,30). The van der Waals surface area contributed by atoms with Crippen LogP contribution in [0.5, 0.6) is 11.5 Å². The number of benzene rings is 3. The number of furan rings is 1. The summed E-state index contributed by atoms with van der Waals surface area (Å²) in [6, 6.07) is 20.8. The fourth-order valence-corrected chi connectivity index (χ4v) is 3.63. The van der Waals surface area contributed by atoms with Crippen molar-refractivity contribution in [1.29, 1.82) is 0 Å². The number of para-hydroxylation sites is 1. The van der Waals surface area contributed by atoms with E-state index < -0.39 is 17.9 Å². The van der Waals surface area contributed by atoms with Crippen molar-refractivity contribution in [3.8, 4) is 22.6 Å². The number of carbonyl (C=O) groups is 2. The number of carboxylic acid groups (broad SMARTS) is 1. The Hall–Kier alpha value is -4.26. The van der Waals surface area contributed by atoms with Crippen molar-refractivity contribution in [3.05, 3.63) is 84.1 Å². The topological polar surface area (TPSA) is 98.0 Å². The van der Waals surface area contributed by atoms with Gasteiger partial charge < -0.3 is 24.3 Å². The van der Waals surface area contributed by atoms with Crippen LogP contribution < -0.4 is 14.8 Å². The minimum absolute atomic E-state index is 0.0380. The number of hydrogen-bond donors (Lipinski definition) is 2. The van der Waals surface area contributed by atoms with E-state index in [0.29, 0.717) is 16.7 Å². The highest BCUT2D eigenvalue weighted by atomic mass is 16.5. The first-order valence-corrected chi connectivity index (χ1v) is 10.3. The number of carbonyl (C=O) groups excluding carboxylic acids is 1. The van der Waals surface area contributed by atoms with Gasteiger partial charge in [0.25, 0.3) is 5.91 Å². The largest absolute Gasteiger partial charge is 0.497 e. The van der Waals surface area contributed by atoms with Gasteiger partial charge in [0.05, 0.1) is 14.2 Å². The van der Waals surface area contributed by atoms with Crippen molar-refractivity contribution in [1.82, 2.24) is 5.32 Å². The second-order valence-corrected chi connectivity index (χ2v) is 7.48. The molecule has 1 unspecified atom stereocenters. The molecular formula is C26H23NO6. The summed E-state index contributed by atoms with van der Waals surface area (Å²) in [6.45, 7) is 0. The number of methoxy groups -OCH3 is 2. The third-order valence-corrected chi connectivity index (χ3v) is 5.36. The van der Waals surface area contributed by atoms with Crippen LogP contribution in [0.3, 0.4) is 0 Å². The summed E-state index contributed by atoms with van der Waals surface area (Å²) < 4.78 is 16.2. The van der Waals surface area contributed by atoms with Crippen LogP contribution in [0.25, 0.3) is 22.1 Å². The molecule has 7 heteroatoms. The van der Waals surface area contributed by atoms with E-state index in [4.69, 9.17) is 13.9 Å². The Balaban J connectivity index is 1.49. The van der Waals surface area contributed by atoms with Crippen molar-refractivity contribution in [2.45, 2.75) is 12.5 Å². The molecule has 0 radical (unpaired) electrons. The highest BCUT2D eigenvalue weighted by Crippen LogP contribution is 2.30. The molecule has 1 heterocycles. The highest BCUT2D eigenvalue weighted by Gasteiger charge is 2.23. The first-order chi connectivity index (χ1) is 16.0. The minimum atomic E-state index is -1.13. The number of aliphatic carboxylic acids is 1. The van der Waals surface area contributed by atoms with E-state index in [2.05, 4.69) is 5.32 Å². The molecule has 0 saturated carbocycles. The summed E-state index contributed by atoms with van der Waals surface area (Å²) >= 11 is 0. The Morgan fingerprint density at radius 3 is 2.42 bits per heavy atom. The van der Waals surface area contributed by atoms with Gasteiger partial charge in [0.2, 0.25) is 0 Å². The van der Waals surface area contributed by atoms with E-state index in [9.17, 15) is 14.7 Å². The predicted octanol–water partition coefficient (Wildman–Crippen LogP) is 4.54. The van der Waals surface area contributed by atoms with Gasteiger partial charge in [-0.2, -0.15) is 0 Å². The lowest BCUT2D eigenvalue weighted by molar-refractivity contribution is -0.139. The van der Waals surface area contributed by atoms with E-state index in [-0.39, 0.29) is 12.2 Å². The molecule has 1 atom stereocenters. The number of amides is 1. The Morgan fingerprint density at radius 2 is 1.73 bits per heavy atom. The molecule has 1 amide bonds. The van der Waals surface area contributed by atoms with Crippen LogP contribution >= 0.6 is 0 Å². The summed E-state index contributed by atoms with van der Waals surface area (Å²) in [5.74, 6) is -0.297. The molecule has 4 aromatic rings. The number of ether oxygens (including phenoxy) is 2. The average molecular weight is 445 g/mol. The van der Waals surface area contributed by atoms with E-state index in [1.807, 2.05) is 48.5 Å². The molecule has 0 bridgehead atoms. The number of hydrogen-bond acceptors (Lipinski definition) is 5. The molecule has 0 fully saturated rings. The Morgan fingerprint density at radius 1 is 0.970 bits per heavy atom. The van der Waals surface area contributed by atoms with Crippen molar-refractivity contribution >= 4 is 22.8 Å². The van der Waals surface area contributed by atoms with Crippen LogP contribution in [-0.2, 0) is 11.2 Å². The molecule has 0 aliphatic heterocycles. The molecule has 7 nitrogen and oxygen atoms in total. The van der Waals surface area contributed by atoms with Crippen molar-refractivity contribution in [2.24, 2.45) is 0 Å². The van der Waals surface area contributed by atoms with Gasteiger partial charge in [0.15, 0.2) is 5.76 Å². The maximum Gasteiger partial charge on any atom is 0.326 e. The Kier molecular flexibility index (Phi) is 6.31. The summed E-state index contributed by atoms with van der Waals surface area (Å²) in [5.41, 5.74) is 3.18. The highest BCUT2D eigenvalue weighted by molar-refractivity contribution is 5.98. The van der Waals surface area contributed by atoms with Crippen LogP contribution in [0.2, 0.25) is 0 Å². The Bertz CT molecular complexity index is 1290. The number of rotatable bonds is 8. The molecule has 168 valence electrons. The predicted molar refractivity (Wildman–Crippen MR) is 124 cm³/mol.